The standard InChI is InChI=1S/C11H16N4O2S/c1-12-10-4-3-9(15(16)17)11(13-10)14-5-2-7-18-8-6-14/h3-4H,2,5-8H2,1H3,(H,12,13). The Labute approximate surface area is 110 Å². The van der Waals surface area contributed by atoms with Crippen molar-refractivity contribution in [1.29, 1.82) is 0 Å². The van der Waals surface area contributed by atoms with Crippen LogP contribution < -0.4 is 10.2 Å². The topological polar surface area (TPSA) is 71.3 Å². The summed E-state index contributed by atoms with van der Waals surface area (Å²) in [5, 5.41) is 14.0. The summed E-state index contributed by atoms with van der Waals surface area (Å²) in [7, 11) is 1.76. The van der Waals surface area contributed by atoms with Crippen LogP contribution in [0.1, 0.15) is 6.42 Å². The van der Waals surface area contributed by atoms with E-state index >= 15 is 0 Å². The lowest BCUT2D eigenvalue weighted by Crippen LogP contribution is -2.27. The van der Waals surface area contributed by atoms with Crippen molar-refractivity contribution in [3.63, 3.8) is 0 Å². The third-order valence-corrected chi connectivity index (χ3v) is 3.88. The molecule has 0 radical (unpaired) electrons. The minimum atomic E-state index is -0.361. The molecule has 1 saturated heterocycles. The first-order chi connectivity index (χ1) is 8.72. The van der Waals surface area contributed by atoms with E-state index in [0.717, 1.165) is 31.0 Å². The molecule has 1 N–H and O–H groups in total. The molecule has 0 bridgehead atoms. The van der Waals surface area contributed by atoms with E-state index in [1.54, 1.807) is 13.1 Å². The molecule has 6 nitrogen and oxygen atoms in total. The molecule has 0 amide bonds. The van der Waals surface area contributed by atoms with Crippen LogP contribution >= 0.6 is 11.8 Å². The van der Waals surface area contributed by atoms with Crippen molar-refractivity contribution in [2.45, 2.75) is 6.42 Å². The minimum absolute atomic E-state index is 0.0842. The Hall–Kier alpha value is -1.50. The predicted molar refractivity (Wildman–Crippen MR) is 74.6 cm³/mol. The molecule has 7 heteroatoms. The van der Waals surface area contributed by atoms with Crippen LogP contribution in [0.3, 0.4) is 0 Å². The molecule has 0 atom stereocenters. The molecule has 98 valence electrons. The molecule has 0 saturated carbocycles. The summed E-state index contributed by atoms with van der Waals surface area (Å²) in [5.41, 5.74) is 0.0842. The fourth-order valence-corrected chi connectivity index (χ4v) is 2.80. The van der Waals surface area contributed by atoms with E-state index in [1.807, 2.05) is 16.7 Å². The van der Waals surface area contributed by atoms with Gasteiger partial charge in [0.2, 0.25) is 5.82 Å². The maximum atomic E-state index is 11.1. The predicted octanol–water partition coefficient (Wildman–Crippen LogP) is 1.97. The summed E-state index contributed by atoms with van der Waals surface area (Å²) >= 11 is 1.88. The molecule has 1 aliphatic rings. The lowest BCUT2D eigenvalue weighted by atomic mass is 10.3. The second-order valence-corrected chi connectivity index (χ2v) is 5.22. The quantitative estimate of drug-likeness (QED) is 0.667. The highest BCUT2D eigenvalue weighted by Gasteiger charge is 2.22. The smallest absolute Gasteiger partial charge is 0.311 e. The highest BCUT2D eigenvalue weighted by Crippen LogP contribution is 2.29. The molecule has 1 fully saturated rings. The van der Waals surface area contributed by atoms with E-state index in [0.29, 0.717) is 11.6 Å². The third-order valence-electron chi connectivity index (χ3n) is 2.83. The molecule has 18 heavy (non-hydrogen) atoms. The number of rotatable bonds is 3. The summed E-state index contributed by atoms with van der Waals surface area (Å²) in [6.07, 6.45) is 1.04. The average molecular weight is 268 g/mol. The highest BCUT2D eigenvalue weighted by atomic mass is 32.2. The molecule has 0 aromatic carbocycles. The van der Waals surface area contributed by atoms with Crippen LogP contribution in [0.25, 0.3) is 0 Å². The van der Waals surface area contributed by atoms with Gasteiger partial charge >= 0.3 is 5.69 Å². The zero-order chi connectivity index (χ0) is 13.0. The second-order valence-electron chi connectivity index (χ2n) is 4.00. The van der Waals surface area contributed by atoms with Crippen LogP contribution in [0.15, 0.2) is 12.1 Å². The number of nitro groups is 1. The van der Waals surface area contributed by atoms with Crippen molar-refractivity contribution >= 4 is 29.1 Å². The first-order valence-electron chi connectivity index (χ1n) is 5.88. The molecule has 2 heterocycles. The maximum absolute atomic E-state index is 11.1. The molecule has 0 spiro atoms. The molecule has 2 rings (SSSR count). The summed E-state index contributed by atoms with van der Waals surface area (Å²) in [6, 6.07) is 3.15. The molecule has 0 aliphatic carbocycles. The molecule has 1 aromatic rings. The first kappa shape index (κ1) is 12.9. The van der Waals surface area contributed by atoms with Gasteiger partial charge in [-0.15, -0.1) is 0 Å². The van der Waals surface area contributed by atoms with Crippen molar-refractivity contribution in [3.05, 3.63) is 22.2 Å². The number of hydrogen-bond donors (Lipinski definition) is 1. The van der Waals surface area contributed by atoms with Gasteiger partial charge in [0.25, 0.3) is 0 Å². The van der Waals surface area contributed by atoms with Gasteiger partial charge in [0.1, 0.15) is 5.82 Å². The number of anilines is 2. The summed E-state index contributed by atoms with van der Waals surface area (Å²) in [6.45, 7) is 1.64. The van der Waals surface area contributed by atoms with Gasteiger partial charge in [0.15, 0.2) is 0 Å². The Morgan fingerprint density at radius 2 is 2.28 bits per heavy atom. The number of pyridine rings is 1. The van der Waals surface area contributed by atoms with E-state index in [9.17, 15) is 10.1 Å². The van der Waals surface area contributed by atoms with Gasteiger partial charge < -0.3 is 10.2 Å². The fourth-order valence-electron chi connectivity index (χ4n) is 1.91. The van der Waals surface area contributed by atoms with E-state index in [-0.39, 0.29) is 10.6 Å². The van der Waals surface area contributed by atoms with Crippen molar-refractivity contribution in [2.24, 2.45) is 0 Å². The highest BCUT2D eigenvalue weighted by molar-refractivity contribution is 7.99. The Morgan fingerprint density at radius 3 is 3.00 bits per heavy atom. The second kappa shape index (κ2) is 5.90. The van der Waals surface area contributed by atoms with Gasteiger partial charge in [-0.1, -0.05) is 0 Å². The summed E-state index contributed by atoms with van der Waals surface area (Å²) < 4.78 is 0. The van der Waals surface area contributed by atoms with Gasteiger partial charge in [0, 0.05) is 32.0 Å². The Balaban J connectivity index is 2.35. The van der Waals surface area contributed by atoms with Gasteiger partial charge in [-0.2, -0.15) is 11.8 Å². The van der Waals surface area contributed by atoms with Crippen molar-refractivity contribution < 1.29 is 4.92 Å². The number of nitrogens with zero attached hydrogens (tertiary/aromatic N) is 3. The summed E-state index contributed by atoms with van der Waals surface area (Å²) in [5.74, 6) is 3.24. The van der Waals surface area contributed by atoms with E-state index in [4.69, 9.17) is 0 Å². The molecule has 1 aromatic heterocycles. The number of hydrogen-bond acceptors (Lipinski definition) is 6. The van der Waals surface area contributed by atoms with Gasteiger partial charge in [0.05, 0.1) is 4.92 Å². The normalized spacial score (nSPS) is 16.2. The van der Waals surface area contributed by atoms with Crippen molar-refractivity contribution in [3.8, 4) is 0 Å². The zero-order valence-corrected chi connectivity index (χ0v) is 11.1. The molecule has 0 unspecified atom stereocenters. The number of nitrogens with one attached hydrogen (secondary N) is 1. The summed E-state index contributed by atoms with van der Waals surface area (Å²) in [4.78, 5) is 17.1. The van der Waals surface area contributed by atoms with Crippen LogP contribution in [0.2, 0.25) is 0 Å². The van der Waals surface area contributed by atoms with Crippen molar-refractivity contribution in [2.75, 3.05) is 41.9 Å². The van der Waals surface area contributed by atoms with E-state index in [2.05, 4.69) is 10.3 Å². The van der Waals surface area contributed by atoms with E-state index in [1.165, 1.54) is 6.07 Å². The van der Waals surface area contributed by atoms with Crippen LogP contribution in [0, 0.1) is 10.1 Å². The third kappa shape index (κ3) is 2.84. The SMILES string of the molecule is CNc1ccc([N+](=O)[O-])c(N2CCCSCC2)n1. The Morgan fingerprint density at radius 1 is 1.44 bits per heavy atom. The van der Waals surface area contributed by atoms with E-state index < -0.39 is 0 Å². The Bertz CT molecular complexity index is 433. The lowest BCUT2D eigenvalue weighted by molar-refractivity contribution is -0.384. The first-order valence-corrected chi connectivity index (χ1v) is 7.03. The number of aromatic nitrogens is 1. The largest absolute Gasteiger partial charge is 0.373 e. The van der Waals surface area contributed by atoms with Crippen LogP contribution in [-0.2, 0) is 0 Å². The molecular formula is C11H16N4O2S. The van der Waals surface area contributed by atoms with Crippen LogP contribution in [0.4, 0.5) is 17.3 Å². The minimum Gasteiger partial charge on any atom is -0.373 e. The maximum Gasteiger partial charge on any atom is 0.311 e. The number of thioether (sulfide) groups is 1. The lowest BCUT2D eigenvalue weighted by Gasteiger charge is -2.21. The van der Waals surface area contributed by atoms with Gasteiger partial charge in [-0.05, 0) is 18.2 Å². The van der Waals surface area contributed by atoms with Gasteiger partial charge in [-0.3, -0.25) is 10.1 Å². The van der Waals surface area contributed by atoms with Crippen LogP contribution in [-0.4, -0.2) is 41.6 Å². The van der Waals surface area contributed by atoms with Crippen LogP contribution in [0.5, 0.6) is 0 Å². The average Bonchev–Trinajstić information content (AvgIpc) is 2.66. The molecular weight excluding hydrogens is 252 g/mol. The zero-order valence-electron chi connectivity index (χ0n) is 10.3. The van der Waals surface area contributed by atoms with Gasteiger partial charge in [-0.25, -0.2) is 4.98 Å². The molecule has 1 aliphatic heterocycles. The monoisotopic (exact) mass is 268 g/mol. The fraction of sp³-hybridized carbons (Fsp3) is 0.545. The Kier molecular flexibility index (Phi) is 4.24. The van der Waals surface area contributed by atoms with Crippen molar-refractivity contribution in [1.82, 2.24) is 4.98 Å².